The van der Waals surface area contributed by atoms with Crippen LogP contribution in [-0.2, 0) is 14.1 Å². The van der Waals surface area contributed by atoms with Crippen LogP contribution in [0, 0.1) is 6.92 Å². The van der Waals surface area contributed by atoms with E-state index in [4.69, 9.17) is 23.2 Å². The molecule has 0 fully saturated rings. The Labute approximate surface area is 69.9 Å². The average molecular weight is 180 g/mol. The van der Waals surface area contributed by atoms with Gasteiger partial charge >= 0.3 is 5.15 Å². The summed E-state index contributed by atoms with van der Waals surface area (Å²) < 4.78 is 3.58. The van der Waals surface area contributed by atoms with E-state index >= 15 is 0 Å². The highest BCUT2D eigenvalue weighted by molar-refractivity contribution is 6.34. The Morgan fingerprint density at radius 2 is 1.90 bits per heavy atom. The van der Waals surface area contributed by atoms with E-state index in [1.54, 1.807) is 9.36 Å². The van der Waals surface area contributed by atoms with Crippen molar-refractivity contribution in [2.24, 2.45) is 14.1 Å². The molecule has 10 heavy (non-hydrogen) atoms. The second-order valence-corrected chi connectivity index (χ2v) is 2.97. The van der Waals surface area contributed by atoms with Crippen LogP contribution in [0.4, 0.5) is 0 Å². The lowest BCUT2D eigenvalue weighted by Gasteiger charge is -1.87. The van der Waals surface area contributed by atoms with Crippen molar-refractivity contribution in [2.75, 3.05) is 0 Å². The zero-order valence-electron chi connectivity index (χ0n) is 6.15. The van der Waals surface area contributed by atoms with Gasteiger partial charge in [-0.15, -0.1) is 4.68 Å². The molecule has 0 aliphatic rings. The van der Waals surface area contributed by atoms with E-state index in [1.165, 1.54) is 0 Å². The molecule has 0 saturated heterocycles. The highest BCUT2D eigenvalue weighted by atomic mass is 35.5. The van der Waals surface area contributed by atoms with Crippen molar-refractivity contribution < 1.29 is 4.68 Å². The van der Waals surface area contributed by atoms with Crippen LogP contribution in [-0.4, -0.2) is 4.68 Å². The fraction of sp³-hybridized carbons (Fsp3) is 0.500. The Kier molecular flexibility index (Phi) is 1.92. The van der Waals surface area contributed by atoms with Gasteiger partial charge in [0, 0.05) is 0 Å². The second-order valence-electron chi connectivity index (χ2n) is 2.25. The molecule has 1 aromatic rings. The van der Waals surface area contributed by atoms with E-state index in [0.717, 1.165) is 5.56 Å². The lowest BCUT2D eigenvalue weighted by atomic mass is 10.4. The first-order valence-electron chi connectivity index (χ1n) is 2.92. The summed E-state index contributed by atoms with van der Waals surface area (Å²) in [5.41, 5.74) is 0.924. The summed E-state index contributed by atoms with van der Waals surface area (Å²) in [6.07, 6.45) is 0. The van der Waals surface area contributed by atoms with E-state index < -0.39 is 0 Å². The van der Waals surface area contributed by atoms with Gasteiger partial charge in [0.05, 0.1) is 12.6 Å². The first kappa shape index (κ1) is 7.89. The maximum absolute atomic E-state index is 5.86. The molecule has 4 heteroatoms. The summed E-state index contributed by atoms with van der Waals surface area (Å²) in [6.45, 7) is 1.89. The molecule has 0 unspecified atom stereocenters. The highest BCUT2D eigenvalue weighted by Gasteiger charge is 2.18. The summed E-state index contributed by atoms with van der Waals surface area (Å²) in [5.74, 6) is 0. The van der Waals surface area contributed by atoms with Crippen molar-refractivity contribution in [3.8, 4) is 0 Å². The Morgan fingerprint density at radius 1 is 1.40 bits per heavy atom. The lowest BCUT2D eigenvalue weighted by molar-refractivity contribution is -0.749. The van der Waals surface area contributed by atoms with Crippen LogP contribution in [0.3, 0.4) is 0 Å². The minimum atomic E-state index is 0.688. The zero-order chi connectivity index (χ0) is 7.89. The molecule has 1 aromatic heterocycles. The van der Waals surface area contributed by atoms with E-state index in [9.17, 15) is 0 Å². The first-order chi connectivity index (χ1) is 4.55. The summed E-state index contributed by atoms with van der Waals surface area (Å²) in [4.78, 5) is 0. The van der Waals surface area contributed by atoms with Gasteiger partial charge in [-0.1, -0.05) is 16.3 Å². The molecular weight excluding hydrogens is 171 g/mol. The summed E-state index contributed by atoms with van der Waals surface area (Å²) in [7, 11) is 3.72. The Hall–Kier alpha value is -0.210. The van der Waals surface area contributed by atoms with Gasteiger partial charge in [0.25, 0.3) is 0 Å². The summed E-state index contributed by atoms with van der Waals surface area (Å²) in [5, 5.41) is 1.38. The van der Waals surface area contributed by atoms with E-state index in [2.05, 4.69) is 0 Å². The third-order valence-corrected chi connectivity index (χ3v) is 2.69. The SMILES string of the molecule is Cc1c(Cl)n(C)[n+](C)c1Cl. The molecule has 1 heterocycles. The van der Waals surface area contributed by atoms with Crippen molar-refractivity contribution >= 4 is 23.2 Å². The molecule has 0 aliphatic carbocycles. The van der Waals surface area contributed by atoms with Gasteiger partial charge in [-0.2, -0.15) is 0 Å². The van der Waals surface area contributed by atoms with Gasteiger partial charge in [-0.25, -0.2) is 0 Å². The molecule has 0 saturated carbocycles. The molecule has 2 nitrogen and oxygen atoms in total. The normalized spacial score (nSPS) is 10.5. The lowest BCUT2D eigenvalue weighted by Crippen LogP contribution is -2.37. The maximum atomic E-state index is 5.86. The van der Waals surface area contributed by atoms with Gasteiger partial charge in [0.1, 0.15) is 0 Å². The Balaban J connectivity index is 3.44. The fourth-order valence-corrected chi connectivity index (χ4v) is 1.29. The van der Waals surface area contributed by atoms with E-state index in [0.29, 0.717) is 10.3 Å². The monoisotopic (exact) mass is 179 g/mol. The standard InChI is InChI=1S/C6H9Cl2N2/c1-4-5(7)9(2)10(3)6(4)8/h1-3H3/q+1. The maximum Gasteiger partial charge on any atom is 0.304 e. The molecule has 0 spiro atoms. The van der Waals surface area contributed by atoms with Crippen LogP contribution < -0.4 is 4.68 Å². The first-order valence-corrected chi connectivity index (χ1v) is 3.68. The minimum absolute atomic E-state index is 0.688. The fourth-order valence-electron chi connectivity index (χ4n) is 0.834. The van der Waals surface area contributed by atoms with Gasteiger partial charge in [-0.3, -0.25) is 0 Å². The summed E-state index contributed by atoms with van der Waals surface area (Å²) >= 11 is 11.7. The van der Waals surface area contributed by atoms with E-state index in [1.807, 2.05) is 21.0 Å². The van der Waals surface area contributed by atoms with Crippen LogP contribution in [0.5, 0.6) is 0 Å². The molecular formula is C6H9Cl2N2+. The second kappa shape index (κ2) is 2.44. The van der Waals surface area contributed by atoms with E-state index in [-0.39, 0.29) is 0 Å². The Bertz CT molecular complexity index is 185. The van der Waals surface area contributed by atoms with Gasteiger partial charge in [-0.05, 0) is 18.5 Å². The van der Waals surface area contributed by atoms with Gasteiger partial charge < -0.3 is 0 Å². The zero-order valence-corrected chi connectivity index (χ0v) is 7.66. The van der Waals surface area contributed by atoms with Crippen molar-refractivity contribution in [2.45, 2.75) is 6.92 Å². The summed E-state index contributed by atoms with van der Waals surface area (Å²) in [6, 6.07) is 0. The van der Waals surface area contributed by atoms with Crippen LogP contribution in [0.2, 0.25) is 10.3 Å². The number of halogens is 2. The van der Waals surface area contributed by atoms with Crippen molar-refractivity contribution in [1.82, 2.24) is 4.68 Å². The van der Waals surface area contributed by atoms with Crippen molar-refractivity contribution in [1.29, 1.82) is 0 Å². The van der Waals surface area contributed by atoms with Crippen LogP contribution in [0.15, 0.2) is 0 Å². The quantitative estimate of drug-likeness (QED) is 0.534. The molecule has 0 amide bonds. The average Bonchev–Trinajstić information content (AvgIpc) is 2.07. The van der Waals surface area contributed by atoms with Gasteiger partial charge in [0.15, 0.2) is 12.2 Å². The molecule has 1 rings (SSSR count). The third kappa shape index (κ3) is 0.917. The van der Waals surface area contributed by atoms with Crippen molar-refractivity contribution in [3.05, 3.63) is 15.9 Å². The number of aromatic nitrogens is 2. The molecule has 0 N–H and O–H groups in total. The highest BCUT2D eigenvalue weighted by Crippen LogP contribution is 2.19. The number of nitrogens with zero attached hydrogens (tertiary/aromatic N) is 2. The van der Waals surface area contributed by atoms with Crippen LogP contribution in [0.25, 0.3) is 0 Å². The molecule has 0 radical (unpaired) electrons. The van der Waals surface area contributed by atoms with Crippen LogP contribution in [0.1, 0.15) is 5.56 Å². The third-order valence-electron chi connectivity index (χ3n) is 1.64. The van der Waals surface area contributed by atoms with Crippen molar-refractivity contribution in [3.63, 3.8) is 0 Å². The Morgan fingerprint density at radius 3 is 2.00 bits per heavy atom. The molecule has 0 bridgehead atoms. The van der Waals surface area contributed by atoms with Gasteiger partial charge in [0.2, 0.25) is 0 Å². The largest absolute Gasteiger partial charge is 0.304 e. The predicted octanol–water partition coefficient (Wildman–Crippen LogP) is 1.46. The minimum Gasteiger partial charge on any atom is -0.144 e. The van der Waals surface area contributed by atoms with Crippen LogP contribution >= 0.6 is 23.2 Å². The number of hydrogen-bond donors (Lipinski definition) is 0. The molecule has 0 atom stereocenters. The number of hydrogen-bond acceptors (Lipinski definition) is 0. The molecule has 56 valence electrons. The molecule has 0 aromatic carbocycles. The molecule has 0 aliphatic heterocycles. The predicted molar refractivity (Wildman–Crippen MR) is 41.3 cm³/mol. The smallest absolute Gasteiger partial charge is 0.144 e. The number of rotatable bonds is 0. The topological polar surface area (TPSA) is 8.81 Å².